The van der Waals surface area contributed by atoms with Crippen molar-refractivity contribution >= 4 is 23.3 Å². The number of carbonyl (C=O) groups excluding carboxylic acids is 2. The zero-order valence-electron chi connectivity index (χ0n) is 15.3. The van der Waals surface area contributed by atoms with Crippen LogP contribution in [0, 0.1) is 16.7 Å². The summed E-state index contributed by atoms with van der Waals surface area (Å²) in [5, 5.41) is 18.3. The van der Waals surface area contributed by atoms with Crippen molar-refractivity contribution in [3.63, 3.8) is 0 Å². The molecule has 0 spiro atoms. The number of aliphatic imine (C=N–C) groups is 1. The summed E-state index contributed by atoms with van der Waals surface area (Å²) in [7, 11) is 1.59. The van der Waals surface area contributed by atoms with Crippen LogP contribution in [-0.2, 0) is 4.79 Å². The predicted octanol–water partition coefficient (Wildman–Crippen LogP) is 1.41. The predicted molar refractivity (Wildman–Crippen MR) is 102 cm³/mol. The normalized spacial score (nSPS) is 24.0. The maximum atomic E-state index is 12.7. The SMILES string of the molecule is CCC1(C#N)CCN(C2=NC(Nc3ccc(C(=O)NC)cc3)NC=C2)C1=O. The molecule has 27 heavy (non-hydrogen) atoms. The van der Waals surface area contributed by atoms with Crippen molar-refractivity contribution in [2.45, 2.75) is 26.1 Å². The van der Waals surface area contributed by atoms with E-state index in [1.165, 1.54) is 0 Å². The van der Waals surface area contributed by atoms with Crippen molar-refractivity contribution in [1.29, 1.82) is 5.26 Å². The van der Waals surface area contributed by atoms with Crippen LogP contribution < -0.4 is 16.0 Å². The summed E-state index contributed by atoms with van der Waals surface area (Å²) < 4.78 is 0. The van der Waals surface area contributed by atoms with Crippen molar-refractivity contribution in [2.24, 2.45) is 10.4 Å². The third-order valence-corrected chi connectivity index (χ3v) is 4.94. The monoisotopic (exact) mass is 366 g/mol. The minimum Gasteiger partial charge on any atom is -0.355 e. The zero-order chi connectivity index (χ0) is 19.4. The number of hydrogen-bond acceptors (Lipinski definition) is 6. The smallest absolute Gasteiger partial charge is 0.251 e. The van der Waals surface area contributed by atoms with Crippen molar-refractivity contribution in [2.75, 3.05) is 18.9 Å². The van der Waals surface area contributed by atoms with E-state index < -0.39 is 11.7 Å². The minimum absolute atomic E-state index is 0.148. The molecule has 1 saturated heterocycles. The van der Waals surface area contributed by atoms with Crippen LogP contribution in [0.5, 0.6) is 0 Å². The molecule has 8 nitrogen and oxygen atoms in total. The molecule has 0 bridgehead atoms. The van der Waals surface area contributed by atoms with E-state index in [-0.39, 0.29) is 11.8 Å². The molecular formula is C19H22N6O2. The van der Waals surface area contributed by atoms with Gasteiger partial charge in [0, 0.05) is 31.0 Å². The maximum Gasteiger partial charge on any atom is 0.251 e. The van der Waals surface area contributed by atoms with Crippen LogP contribution in [0.1, 0.15) is 30.1 Å². The number of rotatable bonds is 4. The summed E-state index contributed by atoms with van der Waals surface area (Å²) in [6, 6.07) is 9.20. The Kier molecular flexibility index (Phi) is 5.12. The lowest BCUT2D eigenvalue weighted by Gasteiger charge is -2.25. The lowest BCUT2D eigenvalue weighted by atomic mass is 9.85. The molecule has 0 aliphatic carbocycles. The second-order valence-electron chi connectivity index (χ2n) is 6.44. The number of amides is 2. The van der Waals surface area contributed by atoms with Gasteiger partial charge in [0.15, 0.2) is 6.29 Å². The highest BCUT2D eigenvalue weighted by Gasteiger charge is 2.47. The Bertz CT molecular complexity index is 839. The van der Waals surface area contributed by atoms with Gasteiger partial charge in [-0.1, -0.05) is 6.92 Å². The van der Waals surface area contributed by atoms with E-state index in [1.807, 2.05) is 6.92 Å². The molecule has 2 aliphatic heterocycles. The molecule has 1 aromatic rings. The standard InChI is InChI=1S/C19H22N6O2/c1-3-19(12-20)9-11-25(17(19)27)15-8-10-22-18(24-15)23-14-6-4-13(5-7-14)16(26)21-2/h4-8,10,18,22-23H,3,9,11H2,1-2H3,(H,21,26). The number of nitrogens with zero attached hydrogens (tertiary/aromatic N) is 3. The largest absolute Gasteiger partial charge is 0.355 e. The molecule has 3 rings (SSSR count). The van der Waals surface area contributed by atoms with Gasteiger partial charge in [-0.3, -0.25) is 14.5 Å². The third-order valence-electron chi connectivity index (χ3n) is 4.94. The molecule has 1 aromatic carbocycles. The lowest BCUT2D eigenvalue weighted by molar-refractivity contribution is -0.130. The fourth-order valence-corrected chi connectivity index (χ4v) is 3.18. The highest BCUT2D eigenvalue weighted by atomic mass is 16.2. The molecule has 0 aromatic heterocycles. The number of amidine groups is 1. The number of anilines is 1. The van der Waals surface area contributed by atoms with Gasteiger partial charge in [-0.25, -0.2) is 4.99 Å². The number of nitriles is 1. The van der Waals surface area contributed by atoms with Gasteiger partial charge in [0.2, 0.25) is 5.91 Å². The summed E-state index contributed by atoms with van der Waals surface area (Å²) in [5.74, 6) is 0.195. The summed E-state index contributed by atoms with van der Waals surface area (Å²) >= 11 is 0. The Labute approximate surface area is 157 Å². The van der Waals surface area contributed by atoms with Gasteiger partial charge >= 0.3 is 0 Å². The Morgan fingerprint density at radius 1 is 1.44 bits per heavy atom. The van der Waals surface area contributed by atoms with Gasteiger partial charge in [-0.2, -0.15) is 5.26 Å². The Balaban J connectivity index is 1.72. The molecule has 0 radical (unpaired) electrons. The topological polar surface area (TPSA) is 110 Å². The van der Waals surface area contributed by atoms with Crippen LogP contribution in [0.15, 0.2) is 41.5 Å². The molecule has 140 valence electrons. The number of hydrogen-bond donors (Lipinski definition) is 3. The fourth-order valence-electron chi connectivity index (χ4n) is 3.18. The second-order valence-corrected chi connectivity index (χ2v) is 6.44. The third kappa shape index (κ3) is 3.49. The summed E-state index contributed by atoms with van der Waals surface area (Å²) in [4.78, 5) is 30.4. The molecule has 2 amide bonds. The van der Waals surface area contributed by atoms with Crippen LogP contribution in [0.3, 0.4) is 0 Å². The Morgan fingerprint density at radius 3 is 2.78 bits per heavy atom. The van der Waals surface area contributed by atoms with Crippen molar-refractivity contribution in [1.82, 2.24) is 15.5 Å². The summed E-state index contributed by atoms with van der Waals surface area (Å²) in [6.07, 6.45) is 4.01. The van der Waals surface area contributed by atoms with Crippen LogP contribution in [0.25, 0.3) is 0 Å². The van der Waals surface area contributed by atoms with E-state index >= 15 is 0 Å². The molecule has 2 aliphatic rings. The van der Waals surface area contributed by atoms with E-state index in [4.69, 9.17) is 0 Å². The minimum atomic E-state index is -0.945. The average Bonchev–Trinajstić information content (AvgIpc) is 3.05. The van der Waals surface area contributed by atoms with E-state index in [0.717, 1.165) is 5.69 Å². The van der Waals surface area contributed by atoms with Crippen LogP contribution >= 0.6 is 0 Å². The maximum absolute atomic E-state index is 12.7. The van der Waals surface area contributed by atoms with Gasteiger partial charge in [0.25, 0.3) is 5.91 Å². The molecule has 0 saturated carbocycles. The van der Waals surface area contributed by atoms with Gasteiger partial charge in [-0.05, 0) is 43.2 Å². The first-order valence-corrected chi connectivity index (χ1v) is 8.85. The molecule has 2 atom stereocenters. The molecule has 8 heteroatoms. The van der Waals surface area contributed by atoms with E-state index in [9.17, 15) is 14.9 Å². The molecule has 1 fully saturated rings. The molecule has 3 N–H and O–H groups in total. The number of carbonyl (C=O) groups is 2. The van der Waals surface area contributed by atoms with Gasteiger partial charge in [-0.15, -0.1) is 0 Å². The van der Waals surface area contributed by atoms with Crippen LogP contribution in [0.2, 0.25) is 0 Å². The summed E-state index contributed by atoms with van der Waals surface area (Å²) in [6.45, 7) is 2.34. The van der Waals surface area contributed by atoms with E-state index in [2.05, 4.69) is 27.0 Å². The first kappa shape index (κ1) is 18.5. The summed E-state index contributed by atoms with van der Waals surface area (Å²) in [5.41, 5.74) is 0.407. The van der Waals surface area contributed by atoms with E-state index in [1.54, 1.807) is 48.5 Å². The average molecular weight is 366 g/mol. The number of likely N-dealkylation sites (tertiary alicyclic amines) is 1. The van der Waals surface area contributed by atoms with Gasteiger partial charge in [0.1, 0.15) is 11.3 Å². The molecule has 2 unspecified atom stereocenters. The van der Waals surface area contributed by atoms with Gasteiger partial charge in [0.05, 0.1) is 6.07 Å². The fraction of sp³-hybridized carbons (Fsp3) is 0.368. The highest BCUT2D eigenvalue weighted by molar-refractivity contribution is 6.08. The first-order chi connectivity index (χ1) is 13.0. The quantitative estimate of drug-likeness (QED) is 0.746. The highest BCUT2D eigenvalue weighted by Crippen LogP contribution is 2.35. The number of benzene rings is 1. The lowest BCUT2D eigenvalue weighted by Crippen LogP contribution is -2.42. The van der Waals surface area contributed by atoms with Crippen LogP contribution in [0.4, 0.5) is 5.69 Å². The first-order valence-electron chi connectivity index (χ1n) is 8.85. The van der Waals surface area contributed by atoms with Crippen molar-refractivity contribution in [3.05, 3.63) is 42.1 Å². The molecular weight excluding hydrogens is 344 g/mol. The van der Waals surface area contributed by atoms with E-state index in [0.29, 0.717) is 30.8 Å². The molecule has 2 heterocycles. The Morgan fingerprint density at radius 2 is 2.19 bits per heavy atom. The zero-order valence-corrected chi connectivity index (χ0v) is 15.3. The van der Waals surface area contributed by atoms with Crippen molar-refractivity contribution < 1.29 is 9.59 Å². The van der Waals surface area contributed by atoms with Crippen LogP contribution in [-0.4, -0.2) is 42.4 Å². The van der Waals surface area contributed by atoms with Crippen molar-refractivity contribution in [3.8, 4) is 6.07 Å². The van der Waals surface area contributed by atoms with Gasteiger partial charge < -0.3 is 16.0 Å². The Hall–Kier alpha value is -3.34. The number of nitrogens with one attached hydrogen (secondary N) is 3. The second kappa shape index (κ2) is 7.50.